The van der Waals surface area contributed by atoms with E-state index in [-0.39, 0.29) is 34.3 Å². The summed E-state index contributed by atoms with van der Waals surface area (Å²) in [6, 6.07) is 3.27. The fourth-order valence-electron chi connectivity index (χ4n) is 5.98. The van der Waals surface area contributed by atoms with Gasteiger partial charge in [-0.15, -0.1) is 24.8 Å². The van der Waals surface area contributed by atoms with Gasteiger partial charge >= 0.3 is 0 Å². The Labute approximate surface area is 264 Å². The van der Waals surface area contributed by atoms with E-state index in [2.05, 4.69) is 13.8 Å². The number of hydrogen-bond donors (Lipinski definition) is 0. The molecule has 0 spiro atoms. The third-order valence-electron chi connectivity index (χ3n) is 8.71. The van der Waals surface area contributed by atoms with Crippen molar-refractivity contribution in [2.75, 3.05) is 0 Å². The van der Waals surface area contributed by atoms with E-state index in [0.717, 1.165) is 0 Å². The lowest BCUT2D eigenvalue weighted by atomic mass is 10.0. The Morgan fingerprint density at radius 1 is 0.231 bits per heavy atom. The van der Waals surface area contributed by atoms with Crippen molar-refractivity contribution in [2.24, 2.45) is 0 Å². The quantitative estimate of drug-likeness (QED) is 0.0503. The molecule has 39 heavy (non-hydrogen) atoms. The highest BCUT2D eigenvalue weighted by Crippen LogP contribution is 2.16. The zero-order valence-electron chi connectivity index (χ0n) is 27.6. The summed E-state index contributed by atoms with van der Waals surface area (Å²) >= 11 is 0. The highest BCUT2D eigenvalue weighted by Gasteiger charge is 1.97. The average molecular weight is 610 g/mol. The van der Waals surface area contributed by atoms with Crippen molar-refractivity contribution >= 4 is 34.3 Å². The zero-order valence-corrected chi connectivity index (χ0v) is 30.6. The summed E-state index contributed by atoms with van der Waals surface area (Å²) in [6.07, 6.45) is 47.8. The van der Waals surface area contributed by atoms with E-state index in [4.69, 9.17) is 0 Å². The Bertz CT molecular complexity index is 343. The summed E-state index contributed by atoms with van der Waals surface area (Å²) < 4.78 is 0. The molecule has 0 unspecified atom stereocenters. The molecule has 0 bridgehead atoms. The molecule has 0 fully saturated rings. The van der Waals surface area contributed by atoms with Gasteiger partial charge in [0.05, 0.1) is 0 Å². The van der Waals surface area contributed by atoms with Crippen LogP contribution in [0.5, 0.6) is 0 Å². The summed E-state index contributed by atoms with van der Waals surface area (Å²) in [5.41, 5.74) is 0. The van der Waals surface area contributed by atoms with E-state index in [1.54, 1.807) is 24.9 Å². The SMILES string of the molecule is CCCCCCCCCCCCCCCCCC[SiH2]CCCCCCCCCCCCCCCCCC.Cl.Cl. The Kier molecular flexibility index (Phi) is 49.1. The second kappa shape index (κ2) is 43.3. The summed E-state index contributed by atoms with van der Waals surface area (Å²) in [4.78, 5) is 0. The molecule has 0 saturated carbocycles. The van der Waals surface area contributed by atoms with Crippen LogP contribution in [0.2, 0.25) is 12.1 Å². The van der Waals surface area contributed by atoms with Gasteiger partial charge in [-0.25, -0.2) is 0 Å². The maximum Gasteiger partial charge on any atom is 0.0197 e. The van der Waals surface area contributed by atoms with Gasteiger partial charge in [0.15, 0.2) is 0 Å². The van der Waals surface area contributed by atoms with Crippen LogP contribution in [0.4, 0.5) is 0 Å². The molecule has 0 radical (unpaired) electrons. The van der Waals surface area contributed by atoms with Crippen LogP contribution < -0.4 is 0 Å². The summed E-state index contributed by atoms with van der Waals surface area (Å²) in [5, 5.41) is 0. The standard InChI is InChI=1S/C36H76Si.2ClH/c1-3-5-7-9-11-13-15-17-19-21-23-25-27-29-31-33-35-37-36-34-32-30-28-26-24-22-20-18-16-14-12-10-8-6-4-2;;/h3-37H2,1-2H3;2*1H. The first-order valence-corrected chi connectivity index (χ1v) is 20.4. The smallest absolute Gasteiger partial charge is 0.0197 e. The second-order valence-corrected chi connectivity index (χ2v) is 14.8. The summed E-state index contributed by atoms with van der Waals surface area (Å²) in [6.45, 7) is 4.62. The van der Waals surface area contributed by atoms with E-state index in [0.29, 0.717) is 0 Å². The van der Waals surface area contributed by atoms with Crippen LogP contribution in [0, 0.1) is 0 Å². The van der Waals surface area contributed by atoms with E-state index < -0.39 is 0 Å². The first-order valence-electron chi connectivity index (χ1n) is 18.4. The van der Waals surface area contributed by atoms with Crippen LogP contribution >= 0.6 is 24.8 Å². The average Bonchev–Trinajstić information content (AvgIpc) is 2.91. The number of unbranched alkanes of at least 4 members (excludes halogenated alkanes) is 30. The van der Waals surface area contributed by atoms with Crippen LogP contribution in [0.15, 0.2) is 0 Å². The van der Waals surface area contributed by atoms with Gasteiger partial charge < -0.3 is 0 Å². The van der Waals surface area contributed by atoms with Gasteiger partial charge in [0.1, 0.15) is 0 Å². The minimum Gasteiger partial charge on any atom is -0.147 e. The molecule has 0 aliphatic rings. The van der Waals surface area contributed by atoms with E-state index in [1.165, 1.54) is 193 Å². The molecule has 0 aliphatic heterocycles. The Balaban J connectivity index is -0.00000648. The van der Waals surface area contributed by atoms with Crippen LogP contribution in [0.25, 0.3) is 0 Å². The molecule has 0 rings (SSSR count). The maximum absolute atomic E-state index is 2.31. The van der Waals surface area contributed by atoms with Gasteiger partial charge in [-0.05, 0) is 0 Å². The van der Waals surface area contributed by atoms with Gasteiger partial charge in [0, 0.05) is 9.52 Å². The minimum atomic E-state index is 0. The fraction of sp³-hybridized carbons (Fsp3) is 1.00. The van der Waals surface area contributed by atoms with Crippen LogP contribution in [0.1, 0.15) is 219 Å². The summed E-state index contributed by atoms with van der Waals surface area (Å²) in [7, 11) is 0.282. The van der Waals surface area contributed by atoms with Crippen LogP contribution in [-0.4, -0.2) is 9.52 Å². The van der Waals surface area contributed by atoms with E-state index in [1.807, 2.05) is 0 Å². The molecular formula is C36H78Cl2Si. The molecule has 0 atom stereocenters. The molecule has 240 valence electrons. The second-order valence-electron chi connectivity index (χ2n) is 12.7. The fourth-order valence-corrected chi connectivity index (χ4v) is 7.75. The lowest BCUT2D eigenvalue weighted by Gasteiger charge is -2.04. The molecule has 0 aromatic rings. The van der Waals surface area contributed by atoms with Crippen molar-refractivity contribution in [3.8, 4) is 0 Å². The monoisotopic (exact) mass is 609 g/mol. The van der Waals surface area contributed by atoms with Crippen LogP contribution in [-0.2, 0) is 0 Å². The molecule has 0 aliphatic carbocycles. The molecule has 0 N–H and O–H groups in total. The van der Waals surface area contributed by atoms with E-state index in [9.17, 15) is 0 Å². The number of rotatable bonds is 34. The Morgan fingerprint density at radius 2 is 0.385 bits per heavy atom. The first-order chi connectivity index (χ1) is 18.4. The molecular weight excluding hydrogens is 531 g/mol. The third kappa shape index (κ3) is 43.4. The molecule has 3 heteroatoms. The lowest BCUT2D eigenvalue weighted by Crippen LogP contribution is -1.90. The molecule has 0 aromatic heterocycles. The van der Waals surface area contributed by atoms with Gasteiger partial charge in [0.25, 0.3) is 0 Å². The van der Waals surface area contributed by atoms with Crippen molar-refractivity contribution in [1.29, 1.82) is 0 Å². The Morgan fingerprint density at radius 3 is 0.564 bits per heavy atom. The molecule has 0 nitrogen and oxygen atoms in total. The predicted octanol–water partition coefficient (Wildman–Crippen LogP) is 14.4. The van der Waals surface area contributed by atoms with Crippen molar-refractivity contribution in [3.63, 3.8) is 0 Å². The van der Waals surface area contributed by atoms with E-state index >= 15 is 0 Å². The Hall–Kier alpha value is 0.797. The van der Waals surface area contributed by atoms with Gasteiger partial charge in [0.2, 0.25) is 0 Å². The first kappa shape index (κ1) is 44.2. The highest BCUT2D eigenvalue weighted by molar-refractivity contribution is 6.35. The summed E-state index contributed by atoms with van der Waals surface area (Å²) in [5.74, 6) is 0. The topological polar surface area (TPSA) is 0 Å². The normalized spacial score (nSPS) is 10.9. The molecule has 0 saturated heterocycles. The van der Waals surface area contributed by atoms with Gasteiger partial charge in [-0.2, -0.15) is 0 Å². The zero-order chi connectivity index (χ0) is 26.7. The predicted molar refractivity (Wildman–Crippen MR) is 192 cm³/mol. The number of hydrogen-bond acceptors (Lipinski definition) is 0. The lowest BCUT2D eigenvalue weighted by molar-refractivity contribution is 0.531. The van der Waals surface area contributed by atoms with Crippen molar-refractivity contribution < 1.29 is 0 Å². The maximum atomic E-state index is 2.31. The largest absolute Gasteiger partial charge is 0.147 e. The van der Waals surface area contributed by atoms with Crippen molar-refractivity contribution in [3.05, 3.63) is 0 Å². The minimum absolute atomic E-state index is 0. The highest BCUT2D eigenvalue weighted by atomic mass is 35.5. The number of halogens is 2. The molecule has 0 aromatic carbocycles. The van der Waals surface area contributed by atoms with Gasteiger partial charge in [-0.3, -0.25) is 0 Å². The van der Waals surface area contributed by atoms with Crippen molar-refractivity contribution in [1.82, 2.24) is 0 Å². The third-order valence-corrected chi connectivity index (χ3v) is 10.7. The van der Waals surface area contributed by atoms with Crippen LogP contribution in [0.3, 0.4) is 0 Å². The van der Waals surface area contributed by atoms with Gasteiger partial charge in [-0.1, -0.05) is 231 Å². The molecule has 0 amide bonds. The molecule has 0 heterocycles. The van der Waals surface area contributed by atoms with Crippen molar-refractivity contribution in [2.45, 2.75) is 231 Å².